The van der Waals surface area contributed by atoms with E-state index in [4.69, 9.17) is 21.1 Å². The van der Waals surface area contributed by atoms with Crippen molar-refractivity contribution in [1.29, 1.82) is 0 Å². The molecule has 1 saturated carbocycles. The monoisotopic (exact) mass is 348 g/mol. The first-order valence-corrected chi connectivity index (χ1v) is 8.80. The molecular weight excluding hydrogens is 328 g/mol. The quantitative estimate of drug-likeness (QED) is 0.446. The van der Waals surface area contributed by atoms with Crippen LogP contribution in [0.3, 0.4) is 0 Å². The molecule has 2 aliphatic rings. The summed E-state index contributed by atoms with van der Waals surface area (Å²) in [6.45, 7) is 4.06. The number of rotatable bonds is 6. The van der Waals surface area contributed by atoms with Gasteiger partial charge in [0.25, 0.3) is 0 Å². The summed E-state index contributed by atoms with van der Waals surface area (Å²) in [4.78, 5) is 24.0. The largest absolute Gasteiger partial charge is 0.462 e. The number of carbonyl (C=O) groups is 2. The third kappa shape index (κ3) is 3.64. The zero-order chi connectivity index (χ0) is 17.1. The Bertz CT molecular complexity index is 628. The predicted octanol–water partition coefficient (Wildman–Crippen LogP) is 3.74. The smallest absolute Gasteiger partial charge is 0.338 e. The van der Waals surface area contributed by atoms with E-state index in [1.165, 1.54) is 0 Å². The molecule has 1 aliphatic carbocycles. The van der Waals surface area contributed by atoms with Crippen molar-refractivity contribution in [1.82, 2.24) is 0 Å². The number of esters is 2. The first kappa shape index (κ1) is 17.0. The molecule has 1 heterocycles. The predicted molar refractivity (Wildman–Crippen MR) is 90.8 cm³/mol. The summed E-state index contributed by atoms with van der Waals surface area (Å²) < 4.78 is 11.1. The maximum atomic E-state index is 12.4. The minimum Gasteiger partial charge on any atom is -0.462 e. The Morgan fingerprint density at radius 3 is 2.79 bits per heavy atom. The van der Waals surface area contributed by atoms with Crippen LogP contribution in [0.4, 0.5) is 0 Å². The summed E-state index contributed by atoms with van der Waals surface area (Å²) in [7, 11) is 0. The van der Waals surface area contributed by atoms with E-state index in [0.29, 0.717) is 30.7 Å². The van der Waals surface area contributed by atoms with E-state index in [1.807, 2.05) is 18.2 Å². The third-order valence-corrected chi connectivity index (χ3v) is 5.08. The van der Waals surface area contributed by atoms with Crippen molar-refractivity contribution in [3.8, 4) is 0 Å². The maximum Gasteiger partial charge on any atom is 0.338 e. The Kier molecular flexibility index (Phi) is 5.24. The summed E-state index contributed by atoms with van der Waals surface area (Å²) >= 11 is 5.79. The summed E-state index contributed by atoms with van der Waals surface area (Å²) in [5, 5.41) is 0. The van der Waals surface area contributed by atoms with Gasteiger partial charge in [-0.05, 0) is 25.0 Å². The van der Waals surface area contributed by atoms with E-state index in [-0.39, 0.29) is 36.0 Å². The number of hydrogen-bond acceptors (Lipinski definition) is 4. The van der Waals surface area contributed by atoms with Crippen molar-refractivity contribution in [3.63, 3.8) is 0 Å². The standard InChI is InChI=1S/C19H21ClO4/c1-12(7-8-20)9-14-15-10-18(21)23-16(15)11-17(14)24-19(22)13-5-3-2-4-6-13/h2-6,14-17H,1,7-11H2/t14-,15-,16+,17-/m1/s1. The number of alkyl halides is 1. The second kappa shape index (κ2) is 7.39. The Morgan fingerprint density at radius 2 is 2.08 bits per heavy atom. The van der Waals surface area contributed by atoms with E-state index in [0.717, 1.165) is 12.0 Å². The molecule has 5 heteroatoms. The molecule has 0 aromatic heterocycles. The summed E-state index contributed by atoms with van der Waals surface area (Å²) in [5.41, 5.74) is 1.56. The minimum atomic E-state index is -0.333. The van der Waals surface area contributed by atoms with Crippen molar-refractivity contribution in [2.24, 2.45) is 11.8 Å². The fourth-order valence-corrected chi connectivity index (χ4v) is 3.99. The normalized spacial score (nSPS) is 28.3. The zero-order valence-electron chi connectivity index (χ0n) is 13.4. The topological polar surface area (TPSA) is 52.6 Å². The van der Waals surface area contributed by atoms with Gasteiger partial charge in [-0.3, -0.25) is 4.79 Å². The molecule has 0 amide bonds. The first-order valence-electron chi connectivity index (χ1n) is 8.26. The average molecular weight is 349 g/mol. The van der Waals surface area contributed by atoms with Gasteiger partial charge in [-0.15, -0.1) is 11.6 Å². The number of benzene rings is 1. The minimum absolute atomic E-state index is 0.0600. The number of carbonyl (C=O) groups excluding carboxylic acids is 2. The second-order valence-corrected chi connectivity index (χ2v) is 6.88. The number of halogens is 1. The molecule has 1 aliphatic heterocycles. The van der Waals surface area contributed by atoms with Crippen LogP contribution in [0.2, 0.25) is 0 Å². The van der Waals surface area contributed by atoms with Gasteiger partial charge in [0.05, 0.1) is 12.0 Å². The van der Waals surface area contributed by atoms with Gasteiger partial charge < -0.3 is 9.47 Å². The molecule has 0 spiro atoms. The van der Waals surface area contributed by atoms with Gasteiger partial charge in [0.2, 0.25) is 0 Å². The molecule has 0 unspecified atom stereocenters. The third-order valence-electron chi connectivity index (χ3n) is 4.90. The molecule has 128 valence electrons. The molecule has 1 aromatic rings. The van der Waals surface area contributed by atoms with Crippen LogP contribution in [-0.2, 0) is 14.3 Å². The van der Waals surface area contributed by atoms with Gasteiger partial charge in [0, 0.05) is 24.1 Å². The van der Waals surface area contributed by atoms with E-state index >= 15 is 0 Å². The van der Waals surface area contributed by atoms with E-state index in [2.05, 4.69) is 6.58 Å². The van der Waals surface area contributed by atoms with Crippen LogP contribution in [0.5, 0.6) is 0 Å². The number of fused-ring (bicyclic) bond motifs is 1. The number of ether oxygens (including phenoxy) is 2. The summed E-state index contributed by atoms with van der Waals surface area (Å²) in [6, 6.07) is 8.94. The molecule has 2 fully saturated rings. The van der Waals surface area contributed by atoms with Gasteiger partial charge in [-0.25, -0.2) is 4.79 Å². The average Bonchev–Trinajstić information content (AvgIpc) is 3.06. The van der Waals surface area contributed by atoms with E-state index in [1.54, 1.807) is 12.1 Å². The SMILES string of the molecule is C=C(CCCl)C[C@@H]1[C@H]2CC(=O)O[C@H]2C[C@H]1OC(=O)c1ccccc1. The van der Waals surface area contributed by atoms with Gasteiger partial charge in [-0.1, -0.05) is 30.4 Å². The Labute approximate surface area is 146 Å². The number of hydrogen-bond donors (Lipinski definition) is 0. The summed E-state index contributed by atoms with van der Waals surface area (Å²) in [6.07, 6.45) is 1.98. The Morgan fingerprint density at radius 1 is 1.33 bits per heavy atom. The van der Waals surface area contributed by atoms with Crippen LogP contribution in [0.1, 0.15) is 36.0 Å². The molecule has 1 saturated heterocycles. The molecule has 1 aromatic carbocycles. The lowest BCUT2D eigenvalue weighted by Gasteiger charge is -2.24. The van der Waals surface area contributed by atoms with E-state index in [9.17, 15) is 9.59 Å². The van der Waals surface area contributed by atoms with Crippen molar-refractivity contribution in [2.75, 3.05) is 5.88 Å². The van der Waals surface area contributed by atoms with Crippen LogP contribution in [0, 0.1) is 11.8 Å². The lowest BCUT2D eigenvalue weighted by molar-refractivity contribution is -0.141. The van der Waals surface area contributed by atoms with Crippen LogP contribution in [-0.4, -0.2) is 30.0 Å². The highest BCUT2D eigenvalue weighted by Crippen LogP contribution is 2.45. The fraction of sp³-hybridized carbons (Fsp3) is 0.474. The van der Waals surface area contributed by atoms with Gasteiger partial charge >= 0.3 is 11.9 Å². The lowest BCUT2D eigenvalue weighted by Crippen LogP contribution is -2.26. The summed E-state index contributed by atoms with van der Waals surface area (Å²) in [5.74, 6) is 0.178. The molecule has 4 nitrogen and oxygen atoms in total. The molecule has 4 atom stereocenters. The zero-order valence-corrected chi connectivity index (χ0v) is 14.2. The second-order valence-electron chi connectivity index (χ2n) is 6.50. The van der Waals surface area contributed by atoms with Gasteiger partial charge in [0.15, 0.2) is 0 Å². The molecule has 24 heavy (non-hydrogen) atoms. The van der Waals surface area contributed by atoms with Crippen LogP contribution in [0.25, 0.3) is 0 Å². The van der Waals surface area contributed by atoms with Gasteiger partial charge in [0.1, 0.15) is 12.2 Å². The highest BCUT2D eigenvalue weighted by atomic mass is 35.5. The fourth-order valence-electron chi connectivity index (χ4n) is 3.72. The highest BCUT2D eigenvalue weighted by Gasteiger charge is 2.51. The first-order chi connectivity index (χ1) is 11.6. The lowest BCUT2D eigenvalue weighted by atomic mass is 9.86. The van der Waals surface area contributed by atoms with Crippen molar-refractivity contribution < 1.29 is 19.1 Å². The van der Waals surface area contributed by atoms with Crippen molar-refractivity contribution in [3.05, 3.63) is 48.0 Å². The highest BCUT2D eigenvalue weighted by molar-refractivity contribution is 6.17. The van der Waals surface area contributed by atoms with Crippen LogP contribution in [0.15, 0.2) is 42.5 Å². The molecule has 0 N–H and O–H groups in total. The molecule has 0 bridgehead atoms. The van der Waals surface area contributed by atoms with Gasteiger partial charge in [-0.2, -0.15) is 0 Å². The maximum absolute atomic E-state index is 12.4. The number of allylic oxidation sites excluding steroid dienone is 1. The van der Waals surface area contributed by atoms with Crippen molar-refractivity contribution >= 4 is 23.5 Å². The molecular formula is C19H21ClO4. The molecule has 0 radical (unpaired) electrons. The molecule has 3 rings (SSSR count). The Balaban J connectivity index is 1.71. The Hall–Kier alpha value is -1.81. The van der Waals surface area contributed by atoms with Crippen molar-refractivity contribution in [2.45, 2.75) is 37.9 Å². The van der Waals surface area contributed by atoms with E-state index < -0.39 is 0 Å². The van der Waals surface area contributed by atoms with Crippen LogP contribution >= 0.6 is 11.6 Å². The van der Waals surface area contributed by atoms with Crippen LogP contribution < -0.4 is 0 Å².